The second kappa shape index (κ2) is 59.5. The highest BCUT2D eigenvalue weighted by atomic mass is 16.5. The van der Waals surface area contributed by atoms with E-state index in [1.807, 2.05) is 0 Å². The molecule has 0 radical (unpaired) electrons. The van der Waals surface area contributed by atoms with Crippen molar-refractivity contribution in [3.8, 4) is 0 Å². The molecule has 0 heterocycles. The molecule has 0 amide bonds. The van der Waals surface area contributed by atoms with Crippen LogP contribution in [0, 0.1) is 0 Å². The van der Waals surface area contributed by atoms with Gasteiger partial charge in [0.1, 0.15) is 0 Å². The molecule has 0 aliphatic carbocycles. The number of hydrogen-bond acceptors (Lipinski definition) is 2. The van der Waals surface area contributed by atoms with Crippen molar-refractivity contribution in [1.82, 2.24) is 0 Å². The molecule has 0 bridgehead atoms. The highest BCUT2D eigenvalue weighted by Crippen LogP contribution is 2.19. The van der Waals surface area contributed by atoms with Gasteiger partial charge in [0.2, 0.25) is 0 Å². The maximum atomic E-state index is 12.1. The molecule has 0 saturated carbocycles. The molecule has 0 aromatic heterocycles. The van der Waals surface area contributed by atoms with Gasteiger partial charge < -0.3 is 4.74 Å². The molecule has 0 unspecified atom stereocenters. The normalized spacial score (nSPS) is 11.6. The number of hydrogen-bond donors (Lipinski definition) is 0. The Balaban J connectivity index is 3.14. The van der Waals surface area contributed by atoms with Crippen LogP contribution in [0.3, 0.4) is 0 Å². The number of rotatable bonds is 58. The van der Waals surface area contributed by atoms with E-state index in [0.717, 1.165) is 12.8 Å². The van der Waals surface area contributed by atoms with Crippen LogP contribution in [0.1, 0.15) is 380 Å². The lowest BCUT2D eigenvalue weighted by molar-refractivity contribution is -0.143. The summed E-state index contributed by atoms with van der Waals surface area (Å²) in [6.07, 6.45) is 80.2. The van der Waals surface area contributed by atoms with Gasteiger partial charge in [0.05, 0.1) is 6.61 Å². The third kappa shape index (κ3) is 59.5. The van der Waals surface area contributed by atoms with Gasteiger partial charge in [0.15, 0.2) is 0 Å². The SMILES string of the molecule is CCCCCCCCCCCCCCCCCCCCCCCCCCCCCCCC(=O)OCCCCCCCCCCCCCCCCCCCCCCCCCCCCC. The molecule has 0 fully saturated rings. The number of esters is 1. The Morgan fingerprint density at radius 2 is 0.349 bits per heavy atom. The highest BCUT2D eigenvalue weighted by Gasteiger charge is 2.03. The summed E-state index contributed by atoms with van der Waals surface area (Å²) in [5, 5.41) is 0. The molecule has 0 N–H and O–H groups in total. The minimum absolute atomic E-state index is 0.0369. The van der Waals surface area contributed by atoms with E-state index in [9.17, 15) is 4.79 Å². The summed E-state index contributed by atoms with van der Waals surface area (Å²) in [6, 6.07) is 0. The molecule has 0 aliphatic heterocycles. The first-order valence-electron chi connectivity index (χ1n) is 30.5. The topological polar surface area (TPSA) is 26.3 Å². The van der Waals surface area contributed by atoms with Gasteiger partial charge in [-0.1, -0.05) is 361 Å². The van der Waals surface area contributed by atoms with Crippen LogP contribution in [-0.2, 0) is 9.53 Å². The quantitative estimate of drug-likeness (QED) is 0.0449. The molecule has 2 nitrogen and oxygen atoms in total. The zero-order valence-electron chi connectivity index (χ0n) is 44.3. The zero-order valence-corrected chi connectivity index (χ0v) is 44.3. The van der Waals surface area contributed by atoms with E-state index >= 15 is 0 Å². The van der Waals surface area contributed by atoms with Crippen LogP contribution in [-0.4, -0.2) is 12.6 Å². The molecule has 63 heavy (non-hydrogen) atoms. The fourth-order valence-corrected chi connectivity index (χ4v) is 9.97. The Morgan fingerprint density at radius 1 is 0.206 bits per heavy atom. The molecule has 0 rings (SSSR count). The van der Waals surface area contributed by atoms with Gasteiger partial charge in [-0.25, -0.2) is 0 Å². The largest absolute Gasteiger partial charge is 0.466 e. The molecular weight excluding hydrogens is 765 g/mol. The van der Waals surface area contributed by atoms with E-state index in [1.165, 1.54) is 347 Å². The van der Waals surface area contributed by atoms with Crippen LogP contribution in [0.25, 0.3) is 0 Å². The minimum Gasteiger partial charge on any atom is -0.466 e. The fourth-order valence-electron chi connectivity index (χ4n) is 9.97. The Kier molecular flexibility index (Phi) is 59.0. The number of carbonyl (C=O) groups excluding carboxylic acids is 1. The van der Waals surface area contributed by atoms with E-state index in [0.29, 0.717) is 13.0 Å². The maximum absolute atomic E-state index is 12.1. The summed E-state index contributed by atoms with van der Waals surface area (Å²) in [4.78, 5) is 12.1. The van der Waals surface area contributed by atoms with Crippen LogP contribution in [0.4, 0.5) is 0 Å². The first-order valence-corrected chi connectivity index (χ1v) is 30.5. The average Bonchev–Trinajstić information content (AvgIpc) is 3.29. The molecular formula is C61H122O2. The van der Waals surface area contributed by atoms with Crippen LogP contribution < -0.4 is 0 Å². The van der Waals surface area contributed by atoms with Crippen molar-refractivity contribution in [3.63, 3.8) is 0 Å². The lowest BCUT2D eigenvalue weighted by Crippen LogP contribution is -2.05. The summed E-state index contributed by atoms with van der Waals surface area (Å²) >= 11 is 0. The molecule has 2 heteroatoms. The van der Waals surface area contributed by atoms with Crippen LogP contribution >= 0.6 is 0 Å². The standard InChI is InChI=1S/C61H122O2/c1-3-5-7-9-11-13-15-17-19-21-23-25-27-29-31-32-33-35-37-39-41-43-45-47-49-51-53-55-57-59-61(62)63-60-58-56-54-52-50-48-46-44-42-40-38-36-34-30-28-26-24-22-20-18-16-14-12-10-8-6-4-2/h3-60H2,1-2H3. The number of unbranched alkanes of at least 4 members (excludes halogenated alkanes) is 54. The Hall–Kier alpha value is -0.530. The van der Waals surface area contributed by atoms with Gasteiger partial charge in [-0.05, 0) is 12.8 Å². The van der Waals surface area contributed by atoms with Crippen molar-refractivity contribution in [3.05, 3.63) is 0 Å². The average molecular weight is 888 g/mol. The van der Waals surface area contributed by atoms with E-state index in [4.69, 9.17) is 4.74 Å². The number of ether oxygens (including phenoxy) is 1. The molecule has 0 atom stereocenters. The molecule has 0 spiro atoms. The van der Waals surface area contributed by atoms with Crippen molar-refractivity contribution in [2.24, 2.45) is 0 Å². The second-order valence-corrected chi connectivity index (χ2v) is 21.1. The van der Waals surface area contributed by atoms with Crippen molar-refractivity contribution in [2.75, 3.05) is 6.61 Å². The lowest BCUT2D eigenvalue weighted by atomic mass is 10.0. The predicted octanol–water partition coefficient (Wildman–Crippen LogP) is 22.8. The van der Waals surface area contributed by atoms with Crippen LogP contribution in [0.15, 0.2) is 0 Å². The molecule has 0 saturated heterocycles. The van der Waals surface area contributed by atoms with E-state index in [2.05, 4.69) is 13.8 Å². The summed E-state index contributed by atoms with van der Waals surface area (Å²) in [6.45, 7) is 5.25. The molecule has 0 aromatic rings. The first-order chi connectivity index (χ1) is 31.3. The van der Waals surface area contributed by atoms with Gasteiger partial charge in [-0.3, -0.25) is 4.79 Å². The first kappa shape index (κ1) is 62.5. The minimum atomic E-state index is 0.0369. The summed E-state index contributed by atoms with van der Waals surface area (Å²) < 4.78 is 5.52. The van der Waals surface area contributed by atoms with Gasteiger partial charge >= 0.3 is 5.97 Å². The van der Waals surface area contributed by atoms with Crippen molar-refractivity contribution < 1.29 is 9.53 Å². The Morgan fingerprint density at radius 3 is 0.524 bits per heavy atom. The van der Waals surface area contributed by atoms with Crippen molar-refractivity contribution in [2.45, 2.75) is 380 Å². The molecule has 0 aliphatic rings. The van der Waals surface area contributed by atoms with Gasteiger partial charge in [-0.15, -0.1) is 0 Å². The van der Waals surface area contributed by atoms with E-state index < -0.39 is 0 Å². The highest BCUT2D eigenvalue weighted by molar-refractivity contribution is 5.69. The summed E-state index contributed by atoms with van der Waals surface area (Å²) in [7, 11) is 0. The summed E-state index contributed by atoms with van der Waals surface area (Å²) in [5.41, 5.74) is 0. The van der Waals surface area contributed by atoms with Gasteiger partial charge in [0.25, 0.3) is 0 Å². The van der Waals surface area contributed by atoms with Gasteiger partial charge in [-0.2, -0.15) is 0 Å². The van der Waals surface area contributed by atoms with Crippen LogP contribution in [0.2, 0.25) is 0 Å². The predicted molar refractivity (Wildman–Crippen MR) is 285 cm³/mol. The fraction of sp³-hybridized carbons (Fsp3) is 0.984. The van der Waals surface area contributed by atoms with Crippen LogP contribution in [0.5, 0.6) is 0 Å². The second-order valence-electron chi connectivity index (χ2n) is 21.1. The monoisotopic (exact) mass is 887 g/mol. The third-order valence-corrected chi connectivity index (χ3v) is 14.5. The Bertz CT molecular complexity index is 792. The zero-order chi connectivity index (χ0) is 45.3. The van der Waals surface area contributed by atoms with Crippen molar-refractivity contribution >= 4 is 5.97 Å². The molecule has 378 valence electrons. The van der Waals surface area contributed by atoms with E-state index in [1.54, 1.807) is 0 Å². The molecule has 0 aromatic carbocycles. The lowest BCUT2D eigenvalue weighted by Gasteiger charge is -2.06. The van der Waals surface area contributed by atoms with Gasteiger partial charge in [0, 0.05) is 6.42 Å². The third-order valence-electron chi connectivity index (χ3n) is 14.5. The smallest absolute Gasteiger partial charge is 0.305 e. The van der Waals surface area contributed by atoms with Crippen molar-refractivity contribution in [1.29, 1.82) is 0 Å². The maximum Gasteiger partial charge on any atom is 0.305 e. The Labute approximate surface area is 400 Å². The summed E-state index contributed by atoms with van der Waals surface area (Å²) in [5.74, 6) is 0.0369. The van der Waals surface area contributed by atoms with E-state index in [-0.39, 0.29) is 5.97 Å². The number of carbonyl (C=O) groups is 1.